The lowest BCUT2D eigenvalue weighted by molar-refractivity contribution is -0.123. The first-order valence-corrected chi connectivity index (χ1v) is 9.89. The molecule has 1 saturated carbocycles. The highest BCUT2D eigenvalue weighted by molar-refractivity contribution is 6.23. The van der Waals surface area contributed by atoms with E-state index in [2.05, 4.69) is 12.2 Å². The number of fused-ring (bicyclic) bond motifs is 5. The molecule has 5 nitrogen and oxygen atoms in total. The van der Waals surface area contributed by atoms with Crippen molar-refractivity contribution in [3.63, 3.8) is 0 Å². The van der Waals surface area contributed by atoms with Gasteiger partial charge in [-0.3, -0.25) is 9.59 Å². The topological polar surface area (TPSA) is 63.7 Å². The van der Waals surface area contributed by atoms with Gasteiger partial charge in [0.25, 0.3) is 0 Å². The summed E-state index contributed by atoms with van der Waals surface area (Å²) in [4.78, 5) is 39.9. The predicted octanol–water partition coefficient (Wildman–Crippen LogP) is 3.83. The summed E-state index contributed by atoms with van der Waals surface area (Å²) in [5.41, 5.74) is 2.75. The largest absolute Gasteiger partial charge is 0.423 e. The summed E-state index contributed by atoms with van der Waals surface area (Å²) in [5, 5.41) is 0. The summed E-state index contributed by atoms with van der Waals surface area (Å²) in [6, 6.07) is 12.2. The van der Waals surface area contributed by atoms with Gasteiger partial charge in [-0.05, 0) is 73.6 Å². The first kappa shape index (κ1) is 17.9. The number of nitrogens with zero attached hydrogens (tertiary/aromatic N) is 1. The zero-order valence-corrected chi connectivity index (χ0v) is 16.3. The van der Waals surface area contributed by atoms with Gasteiger partial charge < -0.3 is 4.74 Å². The van der Waals surface area contributed by atoms with Gasteiger partial charge in [-0.25, -0.2) is 9.69 Å². The van der Waals surface area contributed by atoms with Gasteiger partial charge in [0.1, 0.15) is 5.75 Å². The molecule has 5 heteroatoms. The van der Waals surface area contributed by atoms with E-state index in [4.69, 9.17) is 4.74 Å². The summed E-state index contributed by atoms with van der Waals surface area (Å²) >= 11 is 0. The maximum atomic E-state index is 13.0. The highest BCUT2D eigenvalue weighted by atomic mass is 16.5. The number of rotatable bonds is 3. The first-order chi connectivity index (χ1) is 13.9. The maximum Gasteiger partial charge on any atom is 0.343 e. The predicted molar refractivity (Wildman–Crippen MR) is 108 cm³/mol. The molecule has 29 heavy (non-hydrogen) atoms. The summed E-state index contributed by atoms with van der Waals surface area (Å²) in [6.07, 6.45) is 5.03. The Bertz CT molecular complexity index is 1040. The fraction of sp³-hybridized carbons (Fsp3) is 0.292. The third-order valence-corrected chi connectivity index (χ3v) is 6.22. The molecule has 2 amide bonds. The van der Waals surface area contributed by atoms with Crippen molar-refractivity contribution >= 4 is 23.5 Å². The van der Waals surface area contributed by atoms with E-state index in [-0.39, 0.29) is 35.5 Å². The van der Waals surface area contributed by atoms with Crippen LogP contribution in [0.15, 0.2) is 54.6 Å². The van der Waals surface area contributed by atoms with Crippen LogP contribution in [0.2, 0.25) is 0 Å². The molecule has 0 unspecified atom stereocenters. The second-order valence-corrected chi connectivity index (χ2v) is 8.28. The number of imide groups is 1. The van der Waals surface area contributed by atoms with E-state index in [9.17, 15) is 14.4 Å². The second kappa shape index (κ2) is 6.41. The van der Waals surface area contributed by atoms with E-state index in [0.717, 1.165) is 17.5 Å². The fourth-order valence-corrected chi connectivity index (χ4v) is 5.09. The SMILES string of the molecule is Cc1cc(C)cc(OC(=O)c2cccc(N3C(=O)[C@@H]4[C@@H](C3=O)[C@H]3C=C[C@H]4C3)c2)c1. The number of hydrogen-bond acceptors (Lipinski definition) is 4. The monoisotopic (exact) mass is 387 g/mol. The number of aryl methyl sites for hydroxylation is 2. The fourth-order valence-electron chi connectivity index (χ4n) is 5.09. The van der Waals surface area contributed by atoms with Crippen LogP contribution in [0.3, 0.4) is 0 Å². The third kappa shape index (κ3) is 2.80. The molecular formula is C24H21NO4. The number of amides is 2. The normalized spacial score (nSPS) is 26.9. The Balaban J connectivity index is 1.41. The second-order valence-electron chi connectivity index (χ2n) is 8.28. The van der Waals surface area contributed by atoms with Gasteiger partial charge in [-0.15, -0.1) is 0 Å². The number of hydrogen-bond donors (Lipinski definition) is 0. The Morgan fingerprint density at radius 2 is 1.55 bits per heavy atom. The van der Waals surface area contributed by atoms with Crippen LogP contribution in [0.4, 0.5) is 5.69 Å². The average Bonchev–Trinajstić information content (AvgIpc) is 3.35. The van der Waals surface area contributed by atoms with Crippen LogP contribution in [0, 0.1) is 37.5 Å². The van der Waals surface area contributed by atoms with Gasteiger partial charge in [0, 0.05) is 0 Å². The number of anilines is 1. The van der Waals surface area contributed by atoms with Crippen LogP contribution in [-0.2, 0) is 9.59 Å². The summed E-state index contributed by atoms with van der Waals surface area (Å²) in [7, 11) is 0. The zero-order valence-electron chi connectivity index (χ0n) is 16.3. The van der Waals surface area contributed by atoms with E-state index in [1.807, 2.05) is 19.9 Å². The Hall–Kier alpha value is -3.21. The summed E-state index contributed by atoms with van der Waals surface area (Å²) in [5.74, 6) is -0.560. The number of benzene rings is 2. The minimum atomic E-state index is -0.516. The molecule has 1 saturated heterocycles. The van der Waals surface area contributed by atoms with Gasteiger partial charge >= 0.3 is 5.97 Å². The smallest absolute Gasteiger partial charge is 0.343 e. The van der Waals surface area contributed by atoms with Crippen LogP contribution < -0.4 is 9.64 Å². The minimum absolute atomic E-state index is 0.156. The lowest BCUT2D eigenvalue weighted by atomic mass is 9.85. The van der Waals surface area contributed by atoms with Gasteiger partial charge in [0.15, 0.2) is 0 Å². The van der Waals surface area contributed by atoms with E-state index in [1.165, 1.54) is 4.90 Å². The molecule has 0 aromatic heterocycles. The molecule has 0 spiro atoms. The molecular weight excluding hydrogens is 366 g/mol. The van der Waals surface area contributed by atoms with Crippen molar-refractivity contribution in [2.75, 3.05) is 4.90 Å². The van der Waals surface area contributed by atoms with Crippen LogP contribution in [0.25, 0.3) is 0 Å². The molecule has 2 aliphatic carbocycles. The summed E-state index contributed by atoms with van der Waals surface area (Å²) < 4.78 is 5.51. The van der Waals surface area contributed by atoms with Gasteiger partial charge in [0.2, 0.25) is 11.8 Å². The Kier molecular flexibility index (Phi) is 3.95. The van der Waals surface area contributed by atoms with Gasteiger partial charge in [-0.2, -0.15) is 0 Å². The van der Waals surface area contributed by atoms with Crippen molar-refractivity contribution in [1.82, 2.24) is 0 Å². The van der Waals surface area contributed by atoms with Crippen molar-refractivity contribution in [3.05, 3.63) is 71.3 Å². The average molecular weight is 387 g/mol. The molecule has 1 aliphatic heterocycles. The highest BCUT2D eigenvalue weighted by Crippen LogP contribution is 2.53. The number of allylic oxidation sites excluding steroid dienone is 2. The van der Waals surface area contributed by atoms with Crippen LogP contribution in [0.5, 0.6) is 5.75 Å². The zero-order chi connectivity index (χ0) is 20.3. The van der Waals surface area contributed by atoms with Crippen molar-refractivity contribution in [3.8, 4) is 5.75 Å². The van der Waals surface area contributed by atoms with Crippen molar-refractivity contribution in [1.29, 1.82) is 0 Å². The molecule has 1 heterocycles. The Labute approximate surface area is 169 Å². The number of ether oxygens (including phenoxy) is 1. The number of esters is 1. The van der Waals surface area contributed by atoms with E-state index < -0.39 is 5.97 Å². The number of carbonyl (C=O) groups excluding carboxylic acids is 3. The van der Waals surface area contributed by atoms with Crippen molar-refractivity contribution in [2.45, 2.75) is 20.3 Å². The molecule has 2 bridgehead atoms. The summed E-state index contributed by atoms with van der Waals surface area (Å²) in [6.45, 7) is 3.88. The molecule has 2 fully saturated rings. The highest BCUT2D eigenvalue weighted by Gasteiger charge is 2.59. The standard InChI is InChI=1S/C24H21NO4/c1-13-8-14(2)10-19(9-13)29-24(28)17-4-3-5-18(12-17)25-22(26)20-15-6-7-16(11-15)21(20)23(25)27/h3-10,12,15-16,20-21H,11H2,1-2H3/t15-,16-,20-,21-/m0/s1. The van der Waals surface area contributed by atoms with E-state index >= 15 is 0 Å². The minimum Gasteiger partial charge on any atom is -0.423 e. The lowest BCUT2D eigenvalue weighted by Crippen LogP contribution is -2.33. The molecule has 146 valence electrons. The van der Waals surface area contributed by atoms with Crippen LogP contribution >= 0.6 is 0 Å². The molecule has 4 atom stereocenters. The Morgan fingerprint density at radius 1 is 0.931 bits per heavy atom. The van der Waals surface area contributed by atoms with Gasteiger partial charge in [0.05, 0.1) is 23.1 Å². The van der Waals surface area contributed by atoms with Crippen LogP contribution in [-0.4, -0.2) is 17.8 Å². The van der Waals surface area contributed by atoms with Gasteiger partial charge in [-0.1, -0.05) is 24.3 Å². The van der Waals surface area contributed by atoms with Crippen molar-refractivity contribution < 1.29 is 19.1 Å². The number of carbonyl (C=O) groups is 3. The third-order valence-electron chi connectivity index (χ3n) is 6.22. The van der Waals surface area contributed by atoms with E-state index in [0.29, 0.717) is 17.0 Å². The molecule has 5 rings (SSSR count). The molecule has 2 aromatic carbocycles. The van der Waals surface area contributed by atoms with Crippen LogP contribution in [0.1, 0.15) is 27.9 Å². The Morgan fingerprint density at radius 3 is 2.17 bits per heavy atom. The maximum absolute atomic E-state index is 13.0. The molecule has 0 N–H and O–H groups in total. The lowest BCUT2D eigenvalue weighted by Gasteiger charge is -2.18. The molecule has 0 radical (unpaired) electrons. The molecule has 2 aromatic rings. The quantitative estimate of drug-likeness (QED) is 0.347. The first-order valence-electron chi connectivity index (χ1n) is 9.89. The molecule has 3 aliphatic rings. The van der Waals surface area contributed by atoms with Crippen molar-refractivity contribution in [2.24, 2.45) is 23.7 Å². The van der Waals surface area contributed by atoms with E-state index in [1.54, 1.807) is 36.4 Å².